The monoisotopic (exact) mass is 408 g/mol. The van der Waals surface area contributed by atoms with Crippen LogP contribution in [0.4, 0.5) is 15.6 Å². The summed E-state index contributed by atoms with van der Waals surface area (Å²) >= 11 is 1.36. The second kappa shape index (κ2) is 8.83. The molecule has 1 aromatic carbocycles. The van der Waals surface area contributed by atoms with Crippen molar-refractivity contribution in [1.29, 1.82) is 0 Å². The number of hydrogen-bond acceptors (Lipinski definition) is 6. The molecule has 3 aromatic rings. The highest BCUT2D eigenvalue weighted by atomic mass is 32.1. The lowest BCUT2D eigenvalue weighted by atomic mass is 10.2. The Morgan fingerprint density at radius 1 is 1.17 bits per heavy atom. The Labute approximate surface area is 172 Å². The molecule has 29 heavy (non-hydrogen) atoms. The molecular formula is C21H20N4O3S. The molecule has 0 spiro atoms. The summed E-state index contributed by atoms with van der Waals surface area (Å²) < 4.78 is 5.46. The lowest BCUT2D eigenvalue weighted by molar-refractivity contribution is -0.121. The van der Waals surface area contributed by atoms with E-state index in [2.05, 4.69) is 9.97 Å². The number of hydrogen-bond donors (Lipinski definition) is 0. The summed E-state index contributed by atoms with van der Waals surface area (Å²) in [6, 6.07) is 12.5. The third kappa shape index (κ3) is 4.27. The average Bonchev–Trinajstić information content (AvgIpc) is 3.46. The first-order chi connectivity index (χ1) is 14.2. The summed E-state index contributed by atoms with van der Waals surface area (Å²) in [4.78, 5) is 37.6. The summed E-state index contributed by atoms with van der Waals surface area (Å²) in [7, 11) is 0. The number of likely N-dealkylation sites (tertiary alicyclic amines) is 1. The third-order valence-electron chi connectivity index (χ3n) is 4.71. The fraction of sp³-hybridized carbons (Fsp3) is 0.238. The van der Waals surface area contributed by atoms with E-state index in [1.54, 1.807) is 30.7 Å². The van der Waals surface area contributed by atoms with E-state index in [9.17, 15) is 9.59 Å². The van der Waals surface area contributed by atoms with Crippen molar-refractivity contribution in [1.82, 2.24) is 14.9 Å². The molecule has 4 rings (SSSR count). The Morgan fingerprint density at radius 3 is 2.76 bits per heavy atom. The van der Waals surface area contributed by atoms with Crippen molar-refractivity contribution in [2.24, 2.45) is 0 Å². The maximum absolute atomic E-state index is 13.4. The summed E-state index contributed by atoms with van der Waals surface area (Å²) in [6.07, 6.45) is 5.77. The zero-order valence-electron chi connectivity index (χ0n) is 15.7. The first kappa shape index (κ1) is 19.1. The molecule has 2 aromatic heterocycles. The van der Waals surface area contributed by atoms with E-state index in [0.29, 0.717) is 23.8 Å². The van der Waals surface area contributed by atoms with Gasteiger partial charge in [-0.2, -0.15) is 0 Å². The zero-order chi connectivity index (χ0) is 20.1. The predicted octanol–water partition coefficient (Wildman–Crippen LogP) is 4.00. The highest BCUT2D eigenvalue weighted by Gasteiger charge is 2.39. The van der Waals surface area contributed by atoms with Crippen LogP contribution < -0.4 is 4.90 Å². The molecule has 7 nitrogen and oxygen atoms in total. The largest absolute Gasteiger partial charge is 0.445 e. The molecule has 148 valence electrons. The molecule has 0 radical (unpaired) electrons. The fourth-order valence-corrected chi connectivity index (χ4v) is 4.00. The first-order valence-electron chi connectivity index (χ1n) is 9.35. The van der Waals surface area contributed by atoms with Gasteiger partial charge in [0, 0.05) is 24.3 Å². The Balaban J connectivity index is 1.52. The van der Waals surface area contributed by atoms with Gasteiger partial charge in [0.05, 0.1) is 11.9 Å². The van der Waals surface area contributed by atoms with E-state index >= 15 is 0 Å². The van der Waals surface area contributed by atoms with E-state index in [1.165, 1.54) is 21.1 Å². The number of anilines is 2. The van der Waals surface area contributed by atoms with Gasteiger partial charge in [-0.3, -0.25) is 19.6 Å². The van der Waals surface area contributed by atoms with Gasteiger partial charge in [-0.15, -0.1) is 11.3 Å². The van der Waals surface area contributed by atoms with Gasteiger partial charge in [-0.1, -0.05) is 30.3 Å². The van der Waals surface area contributed by atoms with Gasteiger partial charge in [0.1, 0.15) is 12.6 Å². The van der Waals surface area contributed by atoms with E-state index in [0.717, 1.165) is 12.0 Å². The summed E-state index contributed by atoms with van der Waals surface area (Å²) in [5.74, 6) is -0.206. The number of carbonyl (C=O) groups is 2. The first-order valence-corrected chi connectivity index (χ1v) is 10.2. The number of pyridine rings is 1. The molecule has 1 unspecified atom stereocenters. The highest BCUT2D eigenvalue weighted by Crippen LogP contribution is 2.31. The molecule has 1 aliphatic rings. The molecule has 3 heterocycles. The van der Waals surface area contributed by atoms with Crippen LogP contribution in [0.15, 0.2) is 66.4 Å². The Morgan fingerprint density at radius 2 is 2.03 bits per heavy atom. The van der Waals surface area contributed by atoms with E-state index in [4.69, 9.17) is 4.74 Å². The van der Waals surface area contributed by atoms with Crippen LogP contribution in [0.3, 0.4) is 0 Å². The number of amides is 2. The lowest BCUT2D eigenvalue weighted by Crippen LogP contribution is -2.46. The van der Waals surface area contributed by atoms with Gasteiger partial charge >= 0.3 is 6.09 Å². The van der Waals surface area contributed by atoms with Crippen LogP contribution in [0, 0.1) is 0 Å². The number of ether oxygens (including phenoxy) is 1. The van der Waals surface area contributed by atoms with Gasteiger partial charge in [0.25, 0.3) is 5.91 Å². The molecule has 1 fully saturated rings. The quantitative estimate of drug-likeness (QED) is 0.638. The minimum absolute atomic E-state index is 0.176. The van der Waals surface area contributed by atoms with Crippen molar-refractivity contribution in [3.63, 3.8) is 0 Å². The molecule has 1 saturated heterocycles. The van der Waals surface area contributed by atoms with Crippen LogP contribution >= 0.6 is 11.3 Å². The van der Waals surface area contributed by atoms with Crippen LogP contribution in [0.25, 0.3) is 0 Å². The van der Waals surface area contributed by atoms with E-state index in [-0.39, 0.29) is 12.5 Å². The van der Waals surface area contributed by atoms with Gasteiger partial charge in [-0.25, -0.2) is 9.78 Å². The molecule has 0 aliphatic carbocycles. The van der Waals surface area contributed by atoms with E-state index in [1.807, 2.05) is 35.7 Å². The van der Waals surface area contributed by atoms with Crippen LogP contribution in [0.2, 0.25) is 0 Å². The van der Waals surface area contributed by atoms with Gasteiger partial charge in [0.2, 0.25) is 0 Å². The van der Waals surface area contributed by atoms with E-state index < -0.39 is 12.1 Å². The number of benzene rings is 1. The second-order valence-electron chi connectivity index (χ2n) is 6.59. The smallest absolute Gasteiger partial charge is 0.410 e. The lowest BCUT2D eigenvalue weighted by Gasteiger charge is -2.28. The summed E-state index contributed by atoms with van der Waals surface area (Å²) in [5.41, 5.74) is 1.53. The molecule has 0 saturated carbocycles. The number of rotatable bonds is 5. The summed E-state index contributed by atoms with van der Waals surface area (Å²) in [6.45, 7) is 0.665. The normalized spacial score (nSPS) is 15.9. The SMILES string of the molecule is O=C(C1CCCN1C(=O)OCc1ccccc1)N(c1cccnc1)c1nccs1. The predicted molar refractivity (Wildman–Crippen MR) is 110 cm³/mol. The van der Waals surface area contributed by atoms with Crippen molar-refractivity contribution >= 4 is 34.2 Å². The van der Waals surface area contributed by atoms with Crippen LogP contribution in [0.5, 0.6) is 0 Å². The number of nitrogens with zero attached hydrogens (tertiary/aromatic N) is 4. The second-order valence-corrected chi connectivity index (χ2v) is 7.46. The average molecular weight is 408 g/mol. The Bertz CT molecular complexity index is 951. The molecule has 0 N–H and O–H groups in total. The van der Waals surface area contributed by atoms with Crippen LogP contribution in [-0.4, -0.2) is 39.5 Å². The van der Waals surface area contributed by atoms with Gasteiger partial charge in [0.15, 0.2) is 5.13 Å². The van der Waals surface area contributed by atoms with Crippen molar-refractivity contribution < 1.29 is 14.3 Å². The highest BCUT2D eigenvalue weighted by molar-refractivity contribution is 7.13. The Hall–Kier alpha value is -3.26. The van der Waals surface area contributed by atoms with Crippen LogP contribution in [0.1, 0.15) is 18.4 Å². The standard InChI is InChI=1S/C21H20N4O3S/c26-19(25(20-23-11-13-29-20)17-8-4-10-22-14-17)18-9-5-12-24(18)21(27)28-15-16-6-2-1-3-7-16/h1-4,6-8,10-11,13-14,18H,5,9,12,15H2. The molecule has 1 atom stereocenters. The molecule has 1 aliphatic heterocycles. The topological polar surface area (TPSA) is 75.6 Å². The minimum Gasteiger partial charge on any atom is -0.445 e. The van der Waals surface area contributed by atoms with Crippen LogP contribution in [-0.2, 0) is 16.1 Å². The minimum atomic E-state index is -0.595. The number of aromatic nitrogens is 2. The number of thiazole rings is 1. The maximum Gasteiger partial charge on any atom is 0.410 e. The van der Waals surface area contributed by atoms with Gasteiger partial charge in [-0.05, 0) is 30.5 Å². The van der Waals surface area contributed by atoms with Crippen molar-refractivity contribution in [3.8, 4) is 0 Å². The van der Waals surface area contributed by atoms with Crippen molar-refractivity contribution in [3.05, 3.63) is 72.0 Å². The third-order valence-corrected chi connectivity index (χ3v) is 5.47. The van der Waals surface area contributed by atoms with Crippen molar-refractivity contribution in [2.75, 3.05) is 11.4 Å². The fourth-order valence-electron chi connectivity index (χ4n) is 3.34. The van der Waals surface area contributed by atoms with Crippen molar-refractivity contribution in [2.45, 2.75) is 25.5 Å². The molecule has 8 heteroatoms. The number of carbonyl (C=O) groups excluding carboxylic acids is 2. The maximum atomic E-state index is 13.4. The Kier molecular flexibility index (Phi) is 5.81. The van der Waals surface area contributed by atoms with Gasteiger partial charge < -0.3 is 4.74 Å². The molecule has 2 amide bonds. The molecular weight excluding hydrogens is 388 g/mol. The summed E-state index contributed by atoms with van der Waals surface area (Å²) in [5, 5.41) is 2.36. The molecule has 0 bridgehead atoms. The zero-order valence-corrected chi connectivity index (χ0v) is 16.5.